The maximum Gasteiger partial charge on any atom is 0.408 e. The zero-order valence-corrected chi connectivity index (χ0v) is 15.1. The van der Waals surface area contributed by atoms with Crippen molar-refractivity contribution in [3.8, 4) is 0 Å². The topological polar surface area (TPSA) is 58.6 Å². The molecule has 2 atom stereocenters. The summed E-state index contributed by atoms with van der Waals surface area (Å²) in [4.78, 5) is 12.2. The first-order chi connectivity index (χ1) is 11.9. The molecule has 1 amide bonds. The van der Waals surface area contributed by atoms with Crippen LogP contribution in [0.4, 0.5) is 9.18 Å². The van der Waals surface area contributed by atoms with E-state index in [4.69, 9.17) is 4.74 Å². The van der Waals surface area contributed by atoms with Crippen LogP contribution in [0.3, 0.4) is 0 Å². The van der Waals surface area contributed by atoms with Crippen molar-refractivity contribution in [2.45, 2.75) is 31.4 Å². The number of benzene rings is 2. The Morgan fingerprint density at radius 1 is 1.24 bits per heavy atom. The number of alkyl carbamates (subject to hydrolysis) is 1. The van der Waals surface area contributed by atoms with Crippen molar-refractivity contribution in [1.29, 1.82) is 0 Å². The van der Waals surface area contributed by atoms with Crippen LogP contribution >= 0.6 is 11.8 Å². The standard InChI is InChI=1S/C19H22FNO3S/c1-14(22)25-13-19(2,16-10-6-7-11-17(16)20)21-18(23)24-12-15-8-4-3-5-9-15/h3-11,14,22H,12-13H2,1-2H3,(H,21,23). The fourth-order valence-electron chi connectivity index (χ4n) is 2.36. The van der Waals surface area contributed by atoms with Crippen LogP contribution in [-0.4, -0.2) is 22.4 Å². The first kappa shape index (κ1) is 19.3. The molecule has 0 saturated carbocycles. The number of aliphatic hydroxyl groups is 1. The molecule has 25 heavy (non-hydrogen) atoms. The maximum atomic E-state index is 14.2. The van der Waals surface area contributed by atoms with Gasteiger partial charge in [0.15, 0.2) is 0 Å². The van der Waals surface area contributed by atoms with Crippen LogP contribution in [0, 0.1) is 5.82 Å². The number of halogens is 1. The van der Waals surface area contributed by atoms with Crippen molar-refractivity contribution >= 4 is 17.9 Å². The molecule has 2 N–H and O–H groups in total. The molecular weight excluding hydrogens is 341 g/mol. The number of hydrogen-bond donors (Lipinski definition) is 2. The molecule has 2 aromatic rings. The highest BCUT2D eigenvalue weighted by Crippen LogP contribution is 2.29. The van der Waals surface area contributed by atoms with E-state index in [1.165, 1.54) is 17.8 Å². The van der Waals surface area contributed by atoms with Crippen LogP contribution in [0.25, 0.3) is 0 Å². The minimum Gasteiger partial charge on any atom is -0.445 e. The van der Waals surface area contributed by atoms with Crippen LogP contribution in [-0.2, 0) is 16.9 Å². The quantitative estimate of drug-likeness (QED) is 0.729. The lowest BCUT2D eigenvalue weighted by Crippen LogP contribution is -2.46. The second-order valence-corrected chi connectivity index (χ2v) is 7.21. The predicted octanol–water partition coefficient (Wildman–Crippen LogP) is 4.04. The fourth-order valence-corrected chi connectivity index (χ4v) is 3.16. The maximum absolute atomic E-state index is 14.2. The highest BCUT2D eigenvalue weighted by Gasteiger charge is 2.32. The van der Waals surface area contributed by atoms with Gasteiger partial charge in [-0.25, -0.2) is 9.18 Å². The molecule has 6 heteroatoms. The summed E-state index contributed by atoms with van der Waals surface area (Å²) in [5.41, 5.74) is -0.433. The Hall–Kier alpha value is -2.05. The number of aliphatic hydroxyl groups excluding tert-OH is 1. The summed E-state index contributed by atoms with van der Waals surface area (Å²) in [7, 11) is 0. The first-order valence-electron chi connectivity index (χ1n) is 7.94. The Balaban J connectivity index is 2.10. The average molecular weight is 363 g/mol. The van der Waals surface area contributed by atoms with Gasteiger partial charge in [0.25, 0.3) is 0 Å². The lowest BCUT2D eigenvalue weighted by Gasteiger charge is -2.31. The van der Waals surface area contributed by atoms with Gasteiger partial charge in [-0.1, -0.05) is 48.5 Å². The molecule has 0 aliphatic heterocycles. The fraction of sp³-hybridized carbons (Fsp3) is 0.316. The number of carbonyl (C=O) groups excluding carboxylic acids is 1. The number of carbonyl (C=O) groups is 1. The predicted molar refractivity (Wildman–Crippen MR) is 97.7 cm³/mol. The summed E-state index contributed by atoms with van der Waals surface area (Å²) in [6.07, 6.45) is -0.638. The highest BCUT2D eigenvalue weighted by molar-refractivity contribution is 7.99. The molecule has 0 aliphatic carbocycles. The lowest BCUT2D eigenvalue weighted by molar-refractivity contribution is 0.129. The highest BCUT2D eigenvalue weighted by atomic mass is 32.2. The number of thioether (sulfide) groups is 1. The van der Waals surface area contributed by atoms with E-state index in [0.29, 0.717) is 11.3 Å². The molecule has 134 valence electrons. The molecule has 0 spiro atoms. The summed E-state index contributed by atoms with van der Waals surface area (Å²) in [5, 5.41) is 12.3. The van der Waals surface area contributed by atoms with E-state index in [0.717, 1.165) is 5.56 Å². The van der Waals surface area contributed by atoms with Crippen LogP contribution < -0.4 is 5.32 Å². The number of amides is 1. The van der Waals surface area contributed by atoms with Gasteiger partial charge >= 0.3 is 6.09 Å². The van der Waals surface area contributed by atoms with Crippen molar-refractivity contribution in [1.82, 2.24) is 5.32 Å². The zero-order valence-electron chi connectivity index (χ0n) is 14.2. The van der Waals surface area contributed by atoms with Crippen molar-refractivity contribution in [3.63, 3.8) is 0 Å². The van der Waals surface area contributed by atoms with Crippen LogP contribution in [0.2, 0.25) is 0 Å². The SMILES string of the molecule is CC(O)SCC(C)(NC(=O)OCc1ccccc1)c1ccccc1F. The number of hydrogen-bond acceptors (Lipinski definition) is 4. The number of nitrogens with one attached hydrogen (secondary N) is 1. The van der Waals surface area contributed by atoms with Gasteiger partial charge in [0.1, 0.15) is 12.4 Å². The molecule has 0 saturated heterocycles. The van der Waals surface area contributed by atoms with Gasteiger partial charge in [-0.05, 0) is 25.5 Å². The number of ether oxygens (including phenoxy) is 1. The molecular formula is C19H22FNO3S. The molecule has 2 rings (SSSR count). The Morgan fingerprint density at radius 3 is 2.52 bits per heavy atom. The third kappa shape index (κ3) is 5.76. The van der Waals surface area contributed by atoms with Gasteiger partial charge in [0, 0.05) is 11.3 Å². The van der Waals surface area contributed by atoms with Crippen molar-refractivity contribution in [2.75, 3.05) is 5.75 Å². The van der Waals surface area contributed by atoms with E-state index < -0.39 is 22.9 Å². The van der Waals surface area contributed by atoms with E-state index in [1.54, 1.807) is 32.0 Å². The molecule has 2 aromatic carbocycles. The average Bonchev–Trinajstić information content (AvgIpc) is 2.59. The molecule has 0 heterocycles. The lowest BCUT2D eigenvalue weighted by atomic mass is 9.94. The monoisotopic (exact) mass is 363 g/mol. The summed E-state index contributed by atoms with van der Waals surface area (Å²) in [6.45, 7) is 3.47. The molecule has 0 radical (unpaired) electrons. The van der Waals surface area contributed by atoms with Gasteiger partial charge in [-0.15, -0.1) is 11.8 Å². The van der Waals surface area contributed by atoms with Gasteiger partial charge in [-0.2, -0.15) is 0 Å². The van der Waals surface area contributed by atoms with E-state index >= 15 is 0 Å². The Morgan fingerprint density at radius 2 is 1.88 bits per heavy atom. The van der Waals surface area contributed by atoms with E-state index in [2.05, 4.69) is 5.32 Å². The Bertz CT molecular complexity index is 696. The summed E-state index contributed by atoms with van der Waals surface area (Å²) in [6, 6.07) is 15.6. The smallest absolute Gasteiger partial charge is 0.408 e. The van der Waals surface area contributed by atoms with E-state index in [1.807, 2.05) is 30.3 Å². The van der Waals surface area contributed by atoms with Crippen LogP contribution in [0.1, 0.15) is 25.0 Å². The normalized spacial score (nSPS) is 14.4. The van der Waals surface area contributed by atoms with E-state index in [9.17, 15) is 14.3 Å². The van der Waals surface area contributed by atoms with Crippen LogP contribution in [0.15, 0.2) is 54.6 Å². The molecule has 4 nitrogen and oxygen atoms in total. The van der Waals surface area contributed by atoms with Crippen LogP contribution in [0.5, 0.6) is 0 Å². The Labute approximate surface area is 151 Å². The first-order valence-corrected chi connectivity index (χ1v) is 8.99. The minimum absolute atomic E-state index is 0.129. The van der Waals surface area contributed by atoms with Gasteiger partial charge in [0.05, 0.1) is 11.0 Å². The van der Waals surface area contributed by atoms with Gasteiger partial charge in [0.2, 0.25) is 0 Å². The Kier molecular flexibility index (Phi) is 6.84. The van der Waals surface area contributed by atoms with Crippen molar-refractivity contribution in [2.24, 2.45) is 0 Å². The summed E-state index contributed by atoms with van der Waals surface area (Å²) >= 11 is 1.22. The molecule has 0 fully saturated rings. The van der Waals surface area contributed by atoms with Crippen molar-refractivity contribution in [3.05, 3.63) is 71.5 Å². The van der Waals surface area contributed by atoms with Gasteiger partial charge < -0.3 is 15.2 Å². The number of rotatable bonds is 7. The molecule has 0 aliphatic rings. The van der Waals surface area contributed by atoms with Crippen molar-refractivity contribution < 1.29 is 19.0 Å². The molecule has 0 bridgehead atoms. The summed E-state index contributed by atoms with van der Waals surface area (Å²) < 4.78 is 19.5. The second kappa shape index (κ2) is 8.87. The second-order valence-electron chi connectivity index (χ2n) is 5.91. The summed E-state index contributed by atoms with van der Waals surface area (Å²) in [5.74, 6) is -0.119. The third-order valence-electron chi connectivity index (χ3n) is 3.67. The molecule has 2 unspecified atom stereocenters. The van der Waals surface area contributed by atoms with E-state index in [-0.39, 0.29) is 6.61 Å². The largest absolute Gasteiger partial charge is 0.445 e. The molecule has 0 aromatic heterocycles. The van der Waals surface area contributed by atoms with Gasteiger partial charge in [-0.3, -0.25) is 0 Å². The third-order valence-corrected chi connectivity index (χ3v) is 4.90. The zero-order chi connectivity index (χ0) is 18.3. The minimum atomic E-state index is -1.01.